The van der Waals surface area contributed by atoms with Crippen LogP contribution in [-0.4, -0.2) is 13.2 Å². The third-order valence-corrected chi connectivity index (χ3v) is 1.17. The quantitative estimate of drug-likeness (QED) is 0.362. The van der Waals surface area contributed by atoms with Gasteiger partial charge in [0.2, 0.25) is 0 Å². The van der Waals surface area contributed by atoms with E-state index in [2.05, 4.69) is 25.9 Å². The lowest BCUT2D eigenvalue weighted by atomic mass is 10.2. The third-order valence-electron chi connectivity index (χ3n) is 1.17. The van der Waals surface area contributed by atoms with Crippen molar-refractivity contribution in [2.45, 2.75) is 27.2 Å². The lowest BCUT2D eigenvalue weighted by molar-refractivity contribution is 0.0247. The summed E-state index contributed by atoms with van der Waals surface area (Å²) in [4.78, 5) is 5.15. The lowest BCUT2D eigenvalue weighted by Gasteiger charge is -2.07. The van der Waals surface area contributed by atoms with Crippen molar-refractivity contribution in [1.82, 2.24) is 5.48 Å². The fourth-order valence-corrected chi connectivity index (χ4v) is 0.562. The highest BCUT2D eigenvalue weighted by molar-refractivity contribution is 4.87. The fraction of sp³-hybridized carbons (Fsp3) is 0.778. The monoisotopic (exact) mass is 157 g/mol. The first kappa shape index (κ1) is 10.7. The van der Waals surface area contributed by atoms with Crippen LogP contribution in [0.15, 0.2) is 12.2 Å². The van der Waals surface area contributed by atoms with E-state index in [0.717, 1.165) is 19.6 Å². The average Bonchev–Trinajstić information content (AvgIpc) is 1.85. The minimum Gasteiger partial charge on any atom is -0.302 e. The first-order valence-electron chi connectivity index (χ1n) is 4.12. The van der Waals surface area contributed by atoms with Gasteiger partial charge in [-0.1, -0.05) is 19.4 Å². The lowest BCUT2D eigenvalue weighted by Crippen LogP contribution is -2.19. The zero-order chi connectivity index (χ0) is 8.69. The van der Waals surface area contributed by atoms with Gasteiger partial charge in [0.25, 0.3) is 0 Å². The second kappa shape index (κ2) is 6.38. The molecule has 0 aliphatic heterocycles. The molecule has 0 aromatic heterocycles. The van der Waals surface area contributed by atoms with Crippen molar-refractivity contribution < 1.29 is 4.84 Å². The van der Waals surface area contributed by atoms with Crippen molar-refractivity contribution in [2.75, 3.05) is 13.2 Å². The minimum absolute atomic E-state index is 0.590. The van der Waals surface area contributed by atoms with Crippen LogP contribution in [0.4, 0.5) is 0 Å². The van der Waals surface area contributed by atoms with Crippen LogP contribution in [0.1, 0.15) is 27.2 Å². The molecule has 2 nitrogen and oxygen atoms in total. The van der Waals surface area contributed by atoms with E-state index < -0.39 is 0 Å². The van der Waals surface area contributed by atoms with Gasteiger partial charge in [-0.2, -0.15) is 0 Å². The molecule has 0 rings (SSSR count). The van der Waals surface area contributed by atoms with E-state index in [1.165, 1.54) is 5.57 Å². The summed E-state index contributed by atoms with van der Waals surface area (Å²) >= 11 is 0. The first-order valence-corrected chi connectivity index (χ1v) is 4.12. The Kier molecular flexibility index (Phi) is 6.18. The van der Waals surface area contributed by atoms with E-state index in [9.17, 15) is 0 Å². The maximum Gasteiger partial charge on any atom is 0.0705 e. The fourth-order valence-electron chi connectivity index (χ4n) is 0.562. The summed E-state index contributed by atoms with van der Waals surface area (Å²) in [6.45, 7) is 11.7. The molecule has 0 saturated carbocycles. The Morgan fingerprint density at radius 3 is 2.64 bits per heavy atom. The highest BCUT2D eigenvalue weighted by atomic mass is 16.6. The topological polar surface area (TPSA) is 21.3 Å². The largest absolute Gasteiger partial charge is 0.302 e. The van der Waals surface area contributed by atoms with Gasteiger partial charge in [0.05, 0.1) is 6.61 Å². The number of rotatable bonds is 6. The molecule has 66 valence electrons. The van der Waals surface area contributed by atoms with Crippen LogP contribution in [0.2, 0.25) is 0 Å². The molecule has 11 heavy (non-hydrogen) atoms. The summed E-state index contributed by atoms with van der Waals surface area (Å²) in [7, 11) is 0. The summed E-state index contributed by atoms with van der Waals surface area (Å²) in [5.74, 6) is 0.590. The van der Waals surface area contributed by atoms with Crippen LogP contribution in [0.5, 0.6) is 0 Å². The van der Waals surface area contributed by atoms with Gasteiger partial charge in [-0.25, -0.2) is 5.48 Å². The summed E-state index contributed by atoms with van der Waals surface area (Å²) in [5.41, 5.74) is 4.07. The number of hydrogen-bond acceptors (Lipinski definition) is 2. The Morgan fingerprint density at radius 2 is 2.18 bits per heavy atom. The maximum atomic E-state index is 5.15. The molecular formula is C9H19NO. The second-order valence-electron chi connectivity index (χ2n) is 3.31. The molecule has 2 heteroatoms. The van der Waals surface area contributed by atoms with Crippen LogP contribution in [0.25, 0.3) is 0 Å². The molecule has 0 saturated heterocycles. The molecule has 0 fully saturated rings. The van der Waals surface area contributed by atoms with Crippen molar-refractivity contribution in [2.24, 2.45) is 5.92 Å². The van der Waals surface area contributed by atoms with Crippen LogP contribution in [0, 0.1) is 5.92 Å². The third kappa shape index (κ3) is 9.66. The normalized spacial score (nSPS) is 10.5. The number of hydrogen-bond donors (Lipinski definition) is 1. The van der Waals surface area contributed by atoms with Gasteiger partial charge in [-0.15, -0.1) is 6.58 Å². The van der Waals surface area contributed by atoms with E-state index in [0.29, 0.717) is 5.92 Å². The highest BCUT2D eigenvalue weighted by Crippen LogP contribution is 1.93. The van der Waals surface area contributed by atoms with Gasteiger partial charge in [0, 0.05) is 6.54 Å². The molecule has 0 atom stereocenters. The molecule has 0 unspecified atom stereocenters. The Balaban J connectivity index is 2.97. The van der Waals surface area contributed by atoms with Crippen LogP contribution in [0.3, 0.4) is 0 Å². The van der Waals surface area contributed by atoms with Crippen molar-refractivity contribution >= 4 is 0 Å². The van der Waals surface area contributed by atoms with Crippen LogP contribution < -0.4 is 5.48 Å². The Morgan fingerprint density at radius 1 is 1.55 bits per heavy atom. The van der Waals surface area contributed by atoms with Gasteiger partial charge in [0.1, 0.15) is 0 Å². The van der Waals surface area contributed by atoms with E-state index in [1.807, 2.05) is 6.92 Å². The maximum absolute atomic E-state index is 5.15. The van der Waals surface area contributed by atoms with Crippen molar-refractivity contribution in [3.63, 3.8) is 0 Å². The number of hydroxylamine groups is 1. The number of nitrogens with one attached hydrogen (secondary N) is 1. The summed E-state index contributed by atoms with van der Waals surface area (Å²) in [6, 6.07) is 0. The second-order valence-corrected chi connectivity index (χ2v) is 3.31. The van der Waals surface area contributed by atoms with Gasteiger partial charge in [-0.05, 0) is 19.3 Å². The van der Waals surface area contributed by atoms with E-state index in [4.69, 9.17) is 4.84 Å². The Hall–Kier alpha value is -0.340. The minimum atomic E-state index is 0.590. The van der Waals surface area contributed by atoms with Gasteiger partial charge in [0.15, 0.2) is 0 Å². The van der Waals surface area contributed by atoms with Gasteiger partial charge in [-0.3, -0.25) is 0 Å². The smallest absolute Gasteiger partial charge is 0.0705 e. The predicted octanol–water partition coefficient (Wildman–Crippen LogP) is 2.13. The molecule has 0 aromatic rings. The van der Waals surface area contributed by atoms with Crippen LogP contribution >= 0.6 is 0 Å². The molecule has 0 heterocycles. The highest BCUT2D eigenvalue weighted by Gasteiger charge is 1.92. The van der Waals surface area contributed by atoms with Gasteiger partial charge >= 0.3 is 0 Å². The zero-order valence-corrected chi connectivity index (χ0v) is 7.81. The zero-order valence-electron chi connectivity index (χ0n) is 7.81. The van der Waals surface area contributed by atoms with Crippen molar-refractivity contribution in [1.29, 1.82) is 0 Å². The summed E-state index contributed by atoms with van der Waals surface area (Å²) < 4.78 is 0. The predicted molar refractivity (Wildman–Crippen MR) is 48.2 cm³/mol. The Bertz CT molecular complexity index is 110. The molecule has 0 aliphatic rings. The summed E-state index contributed by atoms with van der Waals surface area (Å²) in [6.07, 6.45) is 0.984. The molecule has 0 bridgehead atoms. The molecule has 0 spiro atoms. The molecule has 0 aliphatic carbocycles. The van der Waals surface area contributed by atoms with Crippen LogP contribution in [-0.2, 0) is 4.84 Å². The molecule has 1 N–H and O–H groups in total. The van der Waals surface area contributed by atoms with Crippen molar-refractivity contribution in [3.05, 3.63) is 12.2 Å². The molecule has 0 radical (unpaired) electrons. The summed E-state index contributed by atoms with van der Waals surface area (Å²) in [5, 5.41) is 0. The Labute approximate surface area is 69.6 Å². The first-order chi connectivity index (χ1) is 5.13. The molecule has 0 amide bonds. The van der Waals surface area contributed by atoms with Crippen molar-refractivity contribution in [3.8, 4) is 0 Å². The van der Waals surface area contributed by atoms with E-state index >= 15 is 0 Å². The average molecular weight is 157 g/mol. The standard InChI is InChI=1S/C9H19NO/c1-8(2)5-6-10-11-7-9(3)4/h9-10H,1,5-7H2,2-4H3. The molecule has 0 aromatic carbocycles. The van der Waals surface area contributed by atoms with E-state index in [1.54, 1.807) is 0 Å². The SMILES string of the molecule is C=C(C)CCNOCC(C)C. The van der Waals surface area contributed by atoms with Gasteiger partial charge < -0.3 is 4.84 Å². The van der Waals surface area contributed by atoms with E-state index in [-0.39, 0.29) is 0 Å². The molecular weight excluding hydrogens is 138 g/mol.